The second-order valence-corrected chi connectivity index (χ2v) is 4.19. The fourth-order valence-electron chi connectivity index (χ4n) is 0.733. The molecule has 78 valence electrons. The Labute approximate surface area is 76.7 Å². The van der Waals surface area contributed by atoms with Crippen molar-refractivity contribution in [3.05, 3.63) is 0 Å². The molecule has 0 aliphatic rings. The SMILES string of the molecule is CCOP(=O)(CC(=O)NO)OCC. The molecule has 0 aromatic rings. The van der Waals surface area contributed by atoms with Gasteiger partial charge in [-0.3, -0.25) is 14.6 Å². The number of nitrogens with one attached hydrogen (secondary N) is 1. The Morgan fingerprint density at radius 1 is 1.38 bits per heavy atom. The van der Waals surface area contributed by atoms with E-state index in [0.29, 0.717) is 0 Å². The van der Waals surface area contributed by atoms with Crippen LogP contribution in [0, 0.1) is 0 Å². The van der Waals surface area contributed by atoms with Crippen molar-refractivity contribution in [2.24, 2.45) is 0 Å². The van der Waals surface area contributed by atoms with Gasteiger partial charge in [0, 0.05) is 0 Å². The lowest BCUT2D eigenvalue weighted by Gasteiger charge is -2.15. The number of hydrogen-bond donors (Lipinski definition) is 2. The summed E-state index contributed by atoms with van der Waals surface area (Å²) in [6, 6.07) is 0. The van der Waals surface area contributed by atoms with Crippen LogP contribution >= 0.6 is 7.60 Å². The molecule has 0 aromatic carbocycles. The van der Waals surface area contributed by atoms with Gasteiger partial charge in [0.1, 0.15) is 6.16 Å². The number of hydroxylamine groups is 1. The topological polar surface area (TPSA) is 84.9 Å². The van der Waals surface area contributed by atoms with Crippen molar-refractivity contribution in [1.82, 2.24) is 5.48 Å². The van der Waals surface area contributed by atoms with E-state index >= 15 is 0 Å². The quantitative estimate of drug-likeness (QED) is 0.385. The molecule has 0 saturated carbocycles. The average molecular weight is 211 g/mol. The van der Waals surface area contributed by atoms with E-state index in [1.54, 1.807) is 13.8 Å². The van der Waals surface area contributed by atoms with Crippen LogP contribution in [0.15, 0.2) is 0 Å². The average Bonchev–Trinajstić information content (AvgIpc) is 2.04. The molecule has 0 bridgehead atoms. The first-order chi connectivity index (χ1) is 6.08. The largest absolute Gasteiger partial charge is 0.340 e. The van der Waals surface area contributed by atoms with Crippen molar-refractivity contribution in [2.45, 2.75) is 13.8 Å². The zero-order valence-electron chi connectivity index (χ0n) is 7.65. The van der Waals surface area contributed by atoms with Crippen molar-refractivity contribution >= 4 is 13.5 Å². The van der Waals surface area contributed by atoms with E-state index in [2.05, 4.69) is 0 Å². The minimum absolute atomic E-state index is 0.190. The van der Waals surface area contributed by atoms with E-state index in [-0.39, 0.29) is 13.2 Å². The first kappa shape index (κ1) is 12.6. The molecule has 0 radical (unpaired) electrons. The smallest absolute Gasteiger partial charge is 0.309 e. The summed E-state index contributed by atoms with van der Waals surface area (Å²) in [4.78, 5) is 10.7. The van der Waals surface area contributed by atoms with Gasteiger partial charge in [-0.25, -0.2) is 5.48 Å². The predicted molar refractivity (Wildman–Crippen MR) is 45.7 cm³/mol. The van der Waals surface area contributed by atoms with Gasteiger partial charge in [0.15, 0.2) is 0 Å². The molecular weight excluding hydrogens is 197 g/mol. The van der Waals surface area contributed by atoms with E-state index in [1.165, 1.54) is 5.48 Å². The Hall–Kier alpha value is -0.420. The third kappa shape index (κ3) is 5.00. The van der Waals surface area contributed by atoms with Crippen LogP contribution in [-0.4, -0.2) is 30.5 Å². The summed E-state index contributed by atoms with van der Waals surface area (Å²) >= 11 is 0. The third-order valence-corrected chi connectivity index (χ3v) is 3.09. The minimum atomic E-state index is -3.36. The first-order valence-electron chi connectivity index (χ1n) is 3.89. The lowest BCUT2D eigenvalue weighted by molar-refractivity contribution is -0.126. The molecule has 0 atom stereocenters. The molecule has 2 N–H and O–H groups in total. The lowest BCUT2D eigenvalue weighted by Crippen LogP contribution is -2.23. The van der Waals surface area contributed by atoms with Crippen molar-refractivity contribution in [3.8, 4) is 0 Å². The van der Waals surface area contributed by atoms with E-state index in [1.807, 2.05) is 0 Å². The zero-order chi connectivity index (χ0) is 10.3. The molecule has 0 aliphatic heterocycles. The highest BCUT2D eigenvalue weighted by molar-refractivity contribution is 7.54. The van der Waals surface area contributed by atoms with E-state index in [9.17, 15) is 9.36 Å². The molecule has 7 heteroatoms. The summed E-state index contributed by atoms with van der Waals surface area (Å²) in [6.07, 6.45) is -0.467. The van der Waals surface area contributed by atoms with Gasteiger partial charge in [-0.1, -0.05) is 0 Å². The van der Waals surface area contributed by atoms with Gasteiger partial charge in [0.05, 0.1) is 13.2 Å². The Morgan fingerprint density at radius 3 is 2.15 bits per heavy atom. The molecule has 1 amide bonds. The number of hydrogen-bond acceptors (Lipinski definition) is 5. The highest BCUT2D eigenvalue weighted by atomic mass is 31.2. The van der Waals surface area contributed by atoms with Gasteiger partial charge in [-0.2, -0.15) is 0 Å². The number of carbonyl (C=O) groups is 1. The molecule has 0 fully saturated rings. The molecule has 0 aliphatic carbocycles. The molecule has 0 unspecified atom stereocenters. The Bertz CT molecular complexity index is 197. The Balaban J connectivity index is 4.23. The summed E-state index contributed by atoms with van der Waals surface area (Å²) in [7, 11) is -3.36. The van der Waals surface area contributed by atoms with Crippen LogP contribution in [0.25, 0.3) is 0 Å². The van der Waals surface area contributed by atoms with Gasteiger partial charge in [0.25, 0.3) is 5.91 Å². The molecule has 0 aromatic heterocycles. The highest BCUT2D eigenvalue weighted by Gasteiger charge is 2.27. The van der Waals surface area contributed by atoms with Crippen LogP contribution in [0.5, 0.6) is 0 Å². The molecule has 6 nitrogen and oxygen atoms in total. The van der Waals surface area contributed by atoms with Gasteiger partial charge in [0.2, 0.25) is 0 Å². The van der Waals surface area contributed by atoms with Crippen LogP contribution in [0.4, 0.5) is 0 Å². The summed E-state index contributed by atoms with van der Waals surface area (Å²) in [5.74, 6) is -0.787. The zero-order valence-corrected chi connectivity index (χ0v) is 8.54. The maximum atomic E-state index is 11.6. The van der Waals surface area contributed by atoms with Gasteiger partial charge in [-0.05, 0) is 13.8 Å². The monoisotopic (exact) mass is 211 g/mol. The second kappa shape index (κ2) is 6.10. The fraction of sp³-hybridized carbons (Fsp3) is 0.833. The Kier molecular flexibility index (Phi) is 5.90. The van der Waals surface area contributed by atoms with Gasteiger partial charge >= 0.3 is 7.60 Å². The summed E-state index contributed by atoms with van der Waals surface area (Å²) < 4.78 is 21.2. The number of carbonyl (C=O) groups excluding carboxylic acids is 1. The fourth-order valence-corrected chi connectivity index (χ4v) is 2.20. The number of amides is 1. The van der Waals surface area contributed by atoms with Crippen LogP contribution in [-0.2, 0) is 18.4 Å². The number of rotatable bonds is 6. The van der Waals surface area contributed by atoms with Crippen molar-refractivity contribution < 1.29 is 23.6 Å². The Morgan fingerprint density at radius 2 is 1.85 bits per heavy atom. The normalized spacial score (nSPS) is 11.3. The van der Waals surface area contributed by atoms with Crippen molar-refractivity contribution in [3.63, 3.8) is 0 Å². The summed E-state index contributed by atoms with van der Waals surface area (Å²) in [6.45, 7) is 3.66. The predicted octanol–water partition coefficient (Wildman–Crippen LogP) is 0.758. The molecule has 13 heavy (non-hydrogen) atoms. The molecular formula is C6H14NO5P. The molecule has 0 rings (SSSR count). The van der Waals surface area contributed by atoms with Crippen LogP contribution in [0.2, 0.25) is 0 Å². The van der Waals surface area contributed by atoms with Crippen LogP contribution in [0.3, 0.4) is 0 Å². The minimum Gasteiger partial charge on any atom is -0.309 e. The standard InChI is InChI=1S/C6H14NO5P/c1-3-11-13(10,12-4-2)5-6(8)7-9/h9H,3-5H2,1-2H3,(H,7,8). The van der Waals surface area contributed by atoms with Gasteiger partial charge < -0.3 is 9.05 Å². The van der Waals surface area contributed by atoms with E-state index < -0.39 is 19.7 Å². The van der Waals surface area contributed by atoms with Crippen LogP contribution in [0.1, 0.15) is 13.8 Å². The maximum absolute atomic E-state index is 11.6. The summed E-state index contributed by atoms with van der Waals surface area (Å²) in [5.41, 5.74) is 1.37. The molecule has 0 heterocycles. The van der Waals surface area contributed by atoms with E-state index in [4.69, 9.17) is 14.3 Å². The third-order valence-electron chi connectivity index (χ3n) is 1.11. The van der Waals surface area contributed by atoms with Crippen molar-refractivity contribution in [1.29, 1.82) is 0 Å². The molecule has 0 saturated heterocycles. The van der Waals surface area contributed by atoms with Crippen molar-refractivity contribution in [2.75, 3.05) is 19.4 Å². The lowest BCUT2D eigenvalue weighted by atomic mass is 10.8. The second-order valence-electron chi connectivity index (χ2n) is 2.14. The first-order valence-corrected chi connectivity index (χ1v) is 5.61. The van der Waals surface area contributed by atoms with E-state index in [0.717, 1.165) is 0 Å². The van der Waals surface area contributed by atoms with Crippen LogP contribution < -0.4 is 5.48 Å². The summed E-state index contributed by atoms with van der Waals surface area (Å²) in [5, 5.41) is 8.20. The maximum Gasteiger partial charge on any atom is 0.340 e. The molecule has 0 spiro atoms. The van der Waals surface area contributed by atoms with Gasteiger partial charge in [-0.15, -0.1) is 0 Å². The highest BCUT2D eigenvalue weighted by Crippen LogP contribution is 2.47.